The minimum atomic E-state index is -0.958. The lowest BCUT2D eigenvalue weighted by Crippen LogP contribution is -1.94. The highest BCUT2D eigenvalue weighted by atomic mass is 16.4. The minimum absolute atomic E-state index is 0.191. The fourth-order valence-corrected chi connectivity index (χ4v) is 1.84. The minimum Gasteiger partial charge on any atom is -0.477 e. The van der Waals surface area contributed by atoms with E-state index in [1.54, 1.807) is 12.3 Å². The predicted octanol–water partition coefficient (Wildman–Crippen LogP) is 3.13. The zero-order valence-electron chi connectivity index (χ0n) is 8.81. The number of H-pyrrole nitrogens is 1. The van der Waals surface area contributed by atoms with E-state index in [0.29, 0.717) is 0 Å². The Morgan fingerprint density at radius 2 is 2.12 bits per heavy atom. The Morgan fingerprint density at radius 1 is 1.24 bits per heavy atom. The van der Waals surface area contributed by atoms with Crippen LogP contribution in [0.15, 0.2) is 47.1 Å². The van der Waals surface area contributed by atoms with Gasteiger partial charge in [0.25, 0.3) is 0 Å². The molecular formula is C13H9NO3. The molecule has 0 fully saturated rings. The third-order valence-electron chi connectivity index (χ3n) is 2.66. The summed E-state index contributed by atoms with van der Waals surface area (Å²) in [6, 6.07) is 10.9. The molecule has 3 aromatic rings. The third-order valence-corrected chi connectivity index (χ3v) is 2.66. The van der Waals surface area contributed by atoms with Crippen LogP contribution in [-0.2, 0) is 0 Å². The van der Waals surface area contributed by atoms with E-state index in [0.717, 1.165) is 22.2 Å². The van der Waals surface area contributed by atoms with Crippen molar-refractivity contribution in [2.24, 2.45) is 0 Å². The fourth-order valence-electron chi connectivity index (χ4n) is 1.84. The summed E-state index contributed by atoms with van der Waals surface area (Å²) in [5.74, 6) is -0.189. The monoisotopic (exact) mass is 227 g/mol. The molecule has 1 aromatic carbocycles. The van der Waals surface area contributed by atoms with E-state index in [1.807, 2.05) is 30.3 Å². The molecule has 0 radical (unpaired) electrons. The molecule has 0 bridgehead atoms. The zero-order chi connectivity index (χ0) is 11.8. The molecule has 0 atom stereocenters. The van der Waals surface area contributed by atoms with Crippen molar-refractivity contribution in [2.45, 2.75) is 0 Å². The highest BCUT2D eigenvalue weighted by molar-refractivity contribution is 5.95. The van der Waals surface area contributed by atoms with E-state index in [2.05, 4.69) is 4.98 Å². The number of aromatic amines is 1. The van der Waals surface area contributed by atoms with E-state index >= 15 is 0 Å². The summed E-state index contributed by atoms with van der Waals surface area (Å²) >= 11 is 0. The quantitative estimate of drug-likeness (QED) is 0.706. The van der Waals surface area contributed by atoms with Gasteiger partial charge in [0.05, 0.1) is 6.26 Å². The number of benzene rings is 1. The Balaban J connectivity index is 2.16. The number of fused-ring (bicyclic) bond motifs is 1. The van der Waals surface area contributed by atoms with Gasteiger partial charge in [0.2, 0.25) is 0 Å². The number of aromatic carboxylic acids is 1. The van der Waals surface area contributed by atoms with E-state index in [-0.39, 0.29) is 5.69 Å². The lowest BCUT2D eigenvalue weighted by atomic mass is 10.1. The van der Waals surface area contributed by atoms with Gasteiger partial charge in [-0.2, -0.15) is 0 Å². The summed E-state index contributed by atoms with van der Waals surface area (Å²) in [5.41, 5.74) is 1.92. The van der Waals surface area contributed by atoms with Crippen molar-refractivity contribution in [3.63, 3.8) is 0 Å². The number of carboxylic acid groups (broad SMARTS) is 1. The standard InChI is InChI=1S/C13H9NO3/c15-13(16)11-7-9-6-8(3-4-10(9)14-11)12-2-1-5-17-12/h1-7,14H,(H,15,16). The Hall–Kier alpha value is -2.49. The molecule has 2 heterocycles. The maximum Gasteiger partial charge on any atom is 0.352 e. The number of rotatable bonds is 2. The predicted molar refractivity (Wildman–Crippen MR) is 63.0 cm³/mol. The van der Waals surface area contributed by atoms with E-state index in [1.165, 1.54) is 0 Å². The summed E-state index contributed by atoms with van der Waals surface area (Å²) in [7, 11) is 0. The molecule has 0 aliphatic carbocycles. The number of aromatic nitrogens is 1. The molecule has 4 heteroatoms. The molecule has 4 nitrogen and oxygen atoms in total. The van der Waals surface area contributed by atoms with Gasteiger partial charge in [-0.3, -0.25) is 0 Å². The van der Waals surface area contributed by atoms with Crippen LogP contribution >= 0.6 is 0 Å². The number of carboxylic acids is 1. The number of hydrogen-bond acceptors (Lipinski definition) is 2. The van der Waals surface area contributed by atoms with E-state index in [9.17, 15) is 4.79 Å². The Labute approximate surface area is 96.5 Å². The zero-order valence-corrected chi connectivity index (χ0v) is 8.81. The summed E-state index contributed by atoms with van der Waals surface area (Å²) in [6.07, 6.45) is 1.61. The second-order valence-corrected chi connectivity index (χ2v) is 3.77. The summed E-state index contributed by atoms with van der Waals surface area (Å²) in [6.45, 7) is 0. The van der Waals surface area contributed by atoms with Gasteiger partial charge < -0.3 is 14.5 Å². The van der Waals surface area contributed by atoms with Crippen molar-refractivity contribution in [2.75, 3.05) is 0 Å². The first-order valence-electron chi connectivity index (χ1n) is 5.14. The highest BCUT2D eigenvalue weighted by Gasteiger charge is 2.08. The summed E-state index contributed by atoms with van der Waals surface area (Å²) in [4.78, 5) is 13.7. The van der Waals surface area contributed by atoms with Gasteiger partial charge in [-0.1, -0.05) is 0 Å². The topological polar surface area (TPSA) is 66.2 Å². The largest absolute Gasteiger partial charge is 0.477 e. The smallest absolute Gasteiger partial charge is 0.352 e. The van der Waals surface area contributed by atoms with Crippen LogP contribution in [0.2, 0.25) is 0 Å². The molecule has 84 valence electrons. The van der Waals surface area contributed by atoms with E-state index < -0.39 is 5.97 Å². The van der Waals surface area contributed by atoms with Crippen molar-refractivity contribution >= 4 is 16.9 Å². The number of furan rings is 1. The number of hydrogen-bond donors (Lipinski definition) is 2. The van der Waals surface area contributed by atoms with Gasteiger partial charge in [0, 0.05) is 16.5 Å². The third kappa shape index (κ3) is 1.59. The normalized spacial score (nSPS) is 10.8. The van der Waals surface area contributed by atoms with Crippen LogP contribution in [0, 0.1) is 0 Å². The van der Waals surface area contributed by atoms with Crippen LogP contribution in [0.5, 0.6) is 0 Å². The molecule has 0 aliphatic rings. The van der Waals surface area contributed by atoms with Crippen molar-refractivity contribution in [3.8, 4) is 11.3 Å². The van der Waals surface area contributed by atoms with Crippen LogP contribution in [0.4, 0.5) is 0 Å². The first-order valence-corrected chi connectivity index (χ1v) is 5.14. The van der Waals surface area contributed by atoms with Crippen molar-refractivity contribution in [3.05, 3.63) is 48.4 Å². The summed E-state index contributed by atoms with van der Waals surface area (Å²) in [5, 5.41) is 9.75. The maximum absolute atomic E-state index is 10.8. The SMILES string of the molecule is O=C(O)c1cc2cc(-c3ccco3)ccc2[nH]1. The molecule has 0 amide bonds. The van der Waals surface area contributed by atoms with Crippen LogP contribution in [0.1, 0.15) is 10.5 Å². The van der Waals surface area contributed by atoms with Crippen molar-refractivity contribution < 1.29 is 14.3 Å². The van der Waals surface area contributed by atoms with Crippen LogP contribution in [-0.4, -0.2) is 16.1 Å². The van der Waals surface area contributed by atoms with Gasteiger partial charge in [-0.25, -0.2) is 4.79 Å². The first kappa shape index (κ1) is 9.72. The molecule has 17 heavy (non-hydrogen) atoms. The van der Waals surface area contributed by atoms with Gasteiger partial charge >= 0.3 is 5.97 Å². The molecular weight excluding hydrogens is 218 g/mol. The second-order valence-electron chi connectivity index (χ2n) is 3.77. The lowest BCUT2D eigenvalue weighted by molar-refractivity contribution is 0.0691. The van der Waals surface area contributed by atoms with Crippen LogP contribution in [0.25, 0.3) is 22.2 Å². The van der Waals surface area contributed by atoms with Gasteiger partial charge in [-0.15, -0.1) is 0 Å². The Kier molecular flexibility index (Phi) is 2.01. The molecule has 0 unspecified atom stereocenters. The number of nitrogens with one attached hydrogen (secondary N) is 1. The second kappa shape index (κ2) is 3.52. The van der Waals surface area contributed by atoms with Gasteiger partial charge in [0.15, 0.2) is 0 Å². The Morgan fingerprint density at radius 3 is 2.82 bits per heavy atom. The average Bonchev–Trinajstić information content (AvgIpc) is 2.97. The molecule has 0 spiro atoms. The molecule has 2 N–H and O–H groups in total. The van der Waals surface area contributed by atoms with Crippen LogP contribution < -0.4 is 0 Å². The summed E-state index contributed by atoms with van der Waals surface area (Å²) < 4.78 is 5.30. The van der Waals surface area contributed by atoms with E-state index in [4.69, 9.17) is 9.52 Å². The average molecular weight is 227 g/mol. The lowest BCUT2D eigenvalue weighted by Gasteiger charge is -1.96. The van der Waals surface area contributed by atoms with Crippen LogP contribution in [0.3, 0.4) is 0 Å². The van der Waals surface area contributed by atoms with Gasteiger partial charge in [-0.05, 0) is 36.4 Å². The maximum atomic E-state index is 10.8. The molecule has 3 rings (SSSR count). The molecule has 0 aliphatic heterocycles. The Bertz CT molecular complexity index is 680. The number of carbonyl (C=O) groups is 1. The highest BCUT2D eigenvalue weighted by Crippen LogP contribution is 2.25. The van der Waals surface area contributed by atoms with Gasteiger partial charge in [0.1, 0.15) is 11.5 Å². The fraction of sp³-hybridized carbons (Fsp3) is 0. The molecule has 0 saturated carbocycles. The molecule has 2 aromatic heterocycles. The van der Waals surface area contributed by atoms with Crippen molar-refractivity contribution in [1.29, 1.82) is 0 Å². The molecule has 0 saturated heterocycles. The van der Waals surface area contributed by atoms with Crippen molar-refractivity contribution in [1.82, 2.24) is 4.98 Å². The first-order chi connectivity index (χ1) is 8.24.